The number of thiophene rings is 1. The molecule has 0 radical (unpaired) electrons. The molecule has 13 aromatic rings. The Morgan fingerprint density at radius 1 is 0.365 bits per heavy atom. The molecule has 0 amide bonds. The molecule has 2 nitrogen and oxygen atoms in total. The van der Waals surface area contributed by atoms with Gasteiger partial charge in [0.1, 0.15) is 0 Å². The largest absolute Gasteiger partial charge is 0.254 e. The zero-order valence-corrected chi connectivity index (χ0v) is 34.4. The molecule has 0 unspecified atom stereocenters. The van der Waals surface area contributed by atoms with Crippen molar-refractivity contribution in [3.8, 4) is 65.5 Å². The first-order valence-electron chi connectivity index (χ1n) is 24.4. The van der Waals surface area contributed by atoms with Gasteiger partial charge in [-0.15, -0.1) is 11.3 Å². The van der Waals surface area contributed by atoms with Gasteiger partial charge in [0.2, 0.25) is 0 Å². The van der Waals surface area contributed by atoms with E-state index in [2.05, 4.69) is 145 Å². The summed E-state index contributed by atoms with van der Waals surface area (Å²) in [5, 5.41) is 9.10. The van der Waals surface area contributed by atoms with Crippen molar-refractivity contribution < 1.29 is 9.60 Å². The third kappa shape index (κ3) is 5.71. The van der Waals surface area contributed by atoms with Crippen LogP contribution in [0.4, 0.5) is 0 Å². The Labute approximate surface area is 378 Å². The van der Waals surface area contributed by atoms with Gasteiger partial charge < -0.3 is 0 Å². The second-order valence-corrected chi connectivity index (χ2v) is 16.9. The molecule has 3 aromatic heterocycles. The lowest BCUT2D eigenvalue weighted by molar-refractivity contribution is 1.37. The van der Waals surface area contributed by atoms with Crippen LogP contribution in [0, 0.1) is 0 Å². The number of aromatic nitrogens is 2. The molecule has 13 rings (SSSR count). The molecule has 63 heavy (non-hydrogen) atoms. The number of pyridine rings is 2. The molecule has 3 heteroatoms. The normalized spacial score (nSPS) is 13.4. The zero-order chi connectivity index (χ0) is 47.5. The summed E-state index contributed by atoms with van der Waals surface area (Å²) in [4.78, 5) is 11.5. The molecular formula is C60H36N2S. The quantitative estimate of drug-likeness (QED) is 0.156. The van der Waals surface area contributed by atoms with Crippen molar-refractivity contribution in [2.45, 2.75) is 0 Å². The van der Waals surface area contributed by atoms with Crippen molar-refractivity contribution in [2.24, 2.45) is 0 Å². The molecule has 292 valence electrons. The predicted molar refractivity (Wildman–Crippen MR) is 269 cm³/mol. The number of fused-ring (bicyclic) bond motifs is 4. The summed E-state index contributed by atoms with van der Waals surface area (Å²) in [5.74, 6) is 0. The van der Waals surface area contributed by atoms with Gasteiger partial charge in [0, 0.05) is 49.0 Å². The average molecular weight is 824 g/mol. The van der Waals surface area contributed by atoms with Crippen molar-refractivity contribution in [1.82, 2.24) is 9.97 Å². The third-order valence-corrected chi connectivity index (χ3v) is 13.7. The lowest BCUT2D eigenvalue weighted by atomic mass is 9.88. The van der Waals surface area contributed by atoms with Crippen LogP contribution >= 0.6 is 11.3 Å². The van der Waals surface area contributed by atoms with Crippen LogP contribution in [0.15, 0.2) is 218 Å². The van der Waals surface area contributed by atoms with Crippen LogP contribution in [0.3, 0.4) is 0 Å². The molecule has 10 aromatic carbocycles. The lowest BCUT2D eigenvalue weighted by Gasteiger charge is -2.15. The zero-order valence-electron chi connectivity index (χ0n) is 40.5. The van der Waals surface area contributed by atoms with Crippen molar-refractivity contribution in [2.75, 3.05) is 0 Å². The lowest BCUT2D eigenvalue weighted by Crippen LogP contribution is -1.91. The molecule has 0 fully saturated rings. The highest BCUT2D eigenvalue weighted by Gasteiger charge is 2.25. The van der Waals surface area contributed by atoms with Crippen molar-refractivity contribution in [1.29, 1.82) is 0 Å². The molecule has 0 aliphatic rings. The molecule has 0 atom stereocenters. The Balaban J connectivity index is 0.983. The van der Waals surface area contributed by atoms with Crippen molar-refractivity contribution in [3.05, 3.63) is 218 Å². The minimum atomic E-state index is -0.460. The van der Waals surface area contributed by atoms with E-state index in [-0.39, 0.29) is 51.7 Å². The minimum absolute atomic E-state index is 0.00198. The fraction of sp³-hybridized carbons (Fsp3) is 0. The van der Waals surface area contributed by atoms with E-state index in [0.29, 0.717) is 5.56 Å². The number of rotatable bonds is 6. The molecule has 3 heterocycles. The number of benzene rings is 10. The smallest absolute Gasteiger partial charge is 0.0972 e. The topological polar surface area (TPSA) is 25.8 Å². The van der Waals surface area contributed by atoms with Crippen LogP contribution in [-0.4, -0.2) is 9.97 Å². The van der Waals surface area contributed by atoms with Crippen LogP contribution in [0.5, 0.6) is 0 Å². The van der Waals surface area contributed by atoms with Gasteiger partial charge in [-0.2, -0.15) is 0 Å². The highest BCUT2D eigenvalue weighted by atomic mass is 32.1. The van der Waals surface area contributed by atoms with Crippen LogP contribution in [0.25, 0.3) is 130 Å². The van der Waals surface area contributed by atoms with E-state index >= 15 is 0 Å². The standard InChI is InChI=1S/C60H36N2S/c1-3-11-38(12-4-1)55-56(39-13-5-2-6-14-39)60(51-32-29-42-23-22-40-15-9-16-41-28-31-50(51)54(42)53(40)41)63-59(55)45-26-20-37(21-27-45)46-33-34-49(48-19-8-7-18-47(46)48)52-35-30-44-25-24-43-17-10-36-61-57(43)58(44)62-52/h1-36H/i10D,17D,24D,25D,30D,35D,36D. The molecule has 0 saturated heterocycles. The van der Waals surface area contributed by atoms with Gasteiger partial charge in [-0.1, -0.05) is 200 Å². The van der Waals surface area contributed by atoms with E-state index in [1.54, 1.807) is 0 Å². The maximum absolute atomic E-state index is 9.18. The molecule has 0 aliphatic carbocycles. The van der Waals surface area contributed by atoms with Gasteiger partial charge in [-0.3, -0.25) is 4.98 Å². The summed E-state index contributed by atoms with van der Waals surface area (Å²) < 4.78 is 60.8. The second-order valence-electron chi connectivity index (χ2n) is 15.9. The minimum Gasteiger partial charge on any atom is -0.254 e. The molecule has 0 spiro atoms. The van der Waals surface area contributed by atoms with E-state index in [0.717, 1.165) is 38.6 Å². The summed E-state index contributed by atoms with van der Waals surface area (Å²) in [6, 6.07) is 60.0. The first kappa shape index (κ1) is 29.3. The van der Waals surface area contributed by atoms with Gasteiger partial charge in [0.05, 0.1) is 26.3 Å². The summed E-state index contributed by atoms with van der Waals surface area (Å²) >= 11 is 1.83. The van der Waals surface area contributed by atoms with Gasteiger partial charge in [-0.25, -0.2) is 4.98 Å². The van der Waals surface area contributed by atoms with Crippen molar-refractivity contribution >= 4 is 76.2 Å². The summed E-state index contributed by atoms with van der Waals surface area (Å²) in [6.07, 6.45) is -0.460. The highest BCUT2D eigenvalue weighted by Crippen LogP contribution is 2.54. The molecule has 0 aliphatic heterocycles. The first-order chi connectivity index (χ1) is 34.2. The van der Waals surface area contributed by atoms with E-state index in [9.17, 15) is 1.37 Å². The van der Waals surface area contributed by atoms with Crippen LogP contribution in [-0.2, 0) is 0 Å². The second kappa shape index (κ2) is 14.3. The Morgan fingerprint density at radius 2 is 0.937 bits per heavy atom. The predicted octanol–water partition coefficient (Wildman–Crippen LogP) is 16.9. The molecular weight excluding hydrogens is 781 g/mol. The molecule has 0 bridgehead atoms. The number of hydrogen-bond donors (Lipinski definition) is 0. The van der Waals surface area contributed by atoms with Crippen LogP contribution in [0.1, 0.15) is 9.60 Å². The Bertz CT molecular complexity index is 4290. The van der Waals surface area contributed by atoms with Crippen LogP contribution < -0.4 is 0 Å². The van der Waals surface area contributed by atoms with E-state index < -0.39 is 18.3 Å². The Hall–Kier alpha value is -7.98. The number of hydrogen-bond acceptors (Lipinski definition) is 3. The fourth-order valence-corrected chi connectivity index (χ4v) is 10.9. The summed E-state index contributed by atoms with van der Waals surface area (Å²) in [5.41, 5.74) is 9.75. The Morgan fingerprint density at radius 3 is 1.68 bits per heavy atom. The summed E-state index contributed by atoms with van der Waals surface area (Å²) in [7, 11) is 0. The first-order valence-corrected chi connectivity index (χ1v) is 21.7. The average Bonchev–Trinajstić information content (AvgIpc) is 3.80. The van der Waals surface area contributed by atoms with Gasteiger partial charge >= 0.3 is 0 Å². The van der Waals surface area contributed by atoms with E-state index in [1.807, 2.05) is 47.7 Å². The maximum Gasteiger partial charge on any atom is 0.0972 e. The fourth-order valence-electron chi connectivity index (χ4n) is 9.52. The third-order valence-electron chi connectivity index (χ3n) is 12.4. The van der Waals surface area contributed by atoms with E-state index in [1.165, 1.54) is 58.8 Å². The van der Waals surface area contributed by atoms with E-state index in [4.69, 9.17) is 13.2 Å². The van der Waals surface area contributed by atoms with Crippen LogP contribution in [0.2, 0.25) is 0 Å². The molecule has 0 N–H and O–H groups in total. The highest BCUT2D eigenvalue weighted by molar-refractivity contribution is 7.20. The number of nitrogens with zero attached hydrogens (tertiary/aromatic N) is 2. The monoisotopic (exact) mass is 823 g/mol. The van der Waals surface area contributed by atoms with Gasteiger partial charge in [0.25, 0.3) is 0 Å². The van der Waals surface area contributed by atoms with Crippen molar-refractivity contribution in [3.63, 3.8) is 0 Å². The van der Waals surface area contributed by atoms with Gasteiger partial charge in [0.15, 0.2) is 0 Å². The SMILES string of the molecule is [2H]c1nc2c(c([2H])c1[2H])c([2H])c([2H])c1c([2H])c([2H])c(-c3ccc(-c4ccc(-c5sc(-c6ccc7ccc8cccc9ccc6c7c89)c(-c6ccccc6)c5-c5ccccc5)cc4)c4ccccc34)nc12. The molecule has 0 saturated carbocycles. The maximum atomic E-state index is 9.18. The summed E-state index contributed by atoms with van der Waals surface area (Å²) in [6.45, 7) is 0. The Kier molecular flexibility index (Phi) is 6.66. The van der Waals surface area contributed by atoms with Gasteiger partial charge in [-0.05, 0) is 83.0 Å².